The third-order valence-electron chi connectivity index (χ3n) is 3.18. The Hall–Kier alpha value is -2.49. The second-order valence-corrected chi connectivity index (χ2v) is 5.60. The lowest BCUT2D eigenvalue weighted by molar-refractivity contribution is -0.140. The number of rotatable bonds is 4. The molecular weight excluding hydrogens is 329 g/mol. The summed E-state index contributed by atoms with van der Waals surface area (Å²) in [4.78, 5) is 3.52. The van der Waals surface area contributed by atoms with E-state index in [0.717, 1.165) is 22.3 Å². The molecule has 0 amide bonds. The molecule has 3 aromatic rings. The predicted molar refractivity (Wildman–Crippen MR) is 77.5 cm³/mol. The summed E-state index contributed by atoms with van der Waals surface area (Å²) < 4.78 is 37.5. The first kappa shape index (κ1) is 15.4. The molecule has 0 saturated carbocycles. The zero-order chi connectivity index (χ0) is 16.4. The SMILES string of the molecule is CC(c1ccc(Nc2nc(C(F)(F)F)cs2)cc1)c1nnn[n-]1. The molecule has 0 aliphatic heterocycles. The van der Waals surface area contributed by atoms with E-state index in [1.807, 2.05) is 19.1 Å². The summed E-state index contributed by atoms with van der Waals surface area (Å²) in [5.74, 6) is 0.441. The van der Waals surface area contributed by atoms with Crippen molar-refractivity contribution in [2.45, 2.75) is 19.0 Å². The maximum absolute atomic E-state index is 12.5. The molecule has 2 heterocycles. The fourth-order valence-electron chi connectivity index (χ4n) is 1.91. The van der Waals surface area contributed by atoms with E-state index in [-0.39, 0.29) is 11.0 Å². The molecule has 1 atom stereocenters. The summed E-state index contributed by atoms with van der Waals surface area (Å²) in [6.45, 7) is 1.91. The number of benzene rings is 1. The lowest BCUT2D eigenvalue weighted by Gasteiger charge is -2.12. The fourth-order valence-corrected chi connectivity index (χ4v) is 2.65. The summed E-state index contributed by atoms with van der Waals surface area (Å²) >= 11 is 0.901. The van der Waals surface area contributed by atoms with Crippen molar-refractivity contribution in [1.29, 1.82) is 0 Å². The quantitative estimate of drug-likeness (QED) is 0.786. The van der Waals surface area contributed by atoms with Gasteiger partial charge in [-0.1, -0.05) is 19.1 Å². The number of hydrogen-bond acceptors (Lipinski definition) is 6. The number of nitrogens with one attached hydrogen (secondary N) is 1. The van der Waals surface area contributed by atoms with Gasteiger partial charge in [0, 0.05) is 22.8 Å². The normalized spacial score (nSPS) is 13.0. The highest BCUT2D eigenvalue weighted by Gasteiger charge is 2.33. The summed E-state index contributed by atoms with van der Waals surface area (Å²) in [5.41, 5.74) is 0.688. The van der Waals surface area contributed by atoms with Crippen molar-refractivity contribution in [2.24, 2.45) is 0 Å². The molecule has 23 heavy (non-hydrogen) atoms. The molecule has 2 aromatic heterocycles. The molecule has 0 radical (unpaired) electrons. The smallest absolute Gasteiger partial charge is 0.335 e. The van der Waals surface area contributed by atoms with Crippen LogP contribution < -0.4 is 10.4 Å². The van der Waals surface area contributed by atoms with Crippen LogP contribution in [0.3, 0.4) is 0 Å². The Morgan fingerprint density at radius 1 is 1.22 bits per heavy atom. The number of thiazole rings is 1. The van der Waals surface area contributed by atoms with Crippen LogP contribution in [0.15, 0.2) is 29.6 Å². The minimum absolute atomic E-state index is 0.0734. The highest BCUT2D eigenvalue weighted by Crippen LogP contribution is 2.32. The molecule has 0 bridgehead atoms. The molecule has 0 spiro atoms. The van der Waals surface area contributed by atoms with Gasteiger partial charge in [0.2, 0.25) is 0 Å². The van der Waals surface area contributed by atoms with E-state index in [1.54, 1.807) is 12.1 Å². The van der Waals surface area contributed by atoms with Gasteiger partial charge in [-0.3, -0.25) is 10.3 Å². The Balaban J connectivity index is 1.71. The maximum atomic E-state index is 12.5. The molecule has 0 saturated heterocycles. The van der Waals surface area contributed by atoms with Crippen LogP contribution in [0.4, 0.5) is 24.0 Å². The molecule has 0 aliphatic carbocycles. The second-order valence-electron chi connectivity index (χ2n) is 4.74. The van der Waals surface area contributed by atoms with Crippen molar-refractivity contribution in [3.63, 3.8) is 0 Å². The number of hydrogen-bond donors (Lipinski definition) is 1. The van der Waals surface area contributed by atoms with Gasteiger partial charge in [0.15, 0.2) is 10.8 Å². The number of tetrazole rings is 1. The predicted octanol–water partition coefficient (Wildman–Crippen LogP) is 3.20. The highest BCUT2D eigenvalue weighted by molar-refractivity contribution is 7.13. The zero-order valence-corrected chi connectivity index (χ0v) is 12.6. The molecule has 10 heteroatoms. The minimum Gasteiger partial charge on any atom is -0.335 e. The van der Waals surface area contributed by atoms with Crippen LogP contribution in [0.1, 0.15) is 29.9 Å². The second kappa shape index (κ2) is 5.95. The van der Waals surface area contributed by atoms with Crippen LogP contribution in [0.2, 0.25) is 0 Å². The Morgan fingerprint density at radius 3 is 2.52 bits per heavy atom. The summed E-state index contributed by atoms with van der Waals surface area (Å²) in [7, 11) is 0. The molecule has 6 nitrogen and oxygen atoms in total. The van der Waals surface area contributed by atoms with Crippen molar-refractivity contribution in [3.8, 4) is 0 Å². The topological polar surface area (TPSA) is 77.7 Å². The lowest BCUT2D eigenvalue weighted by atomic mass is 10.0. The first-order valence-electron chi connectivity index (χ1n) is 6.52. The molecule has 1 unspecified atom stereocenters. The Morgan fingerprint density at radius 2 is 1.96 bits per heavy atom. The van der Waals surface area contributed by atoms with E-state index in [0.29, 0.717) is 11.5 Å². The van der Waals surface area contributed by atoms with Gasteiger partial charge in [0.25, 0.3) is 0 Å². The zero-order valence-electron chi connectivity index (χ0n) is 11.7. The van der Waals surface area contributed by atoms with Crippen LogP contribution in [0, 0.1) is 0 Å². The van der Waals surface area contributed by atoms with Crippen LogP contribution in [-0.2, 0) is 6.18 Å². The standard InChI is InChI=1S/C13H10F3N6S/c1-7(11-19-21-22-20-11)8-2-4-9(5-3-8)17-12-18-10(6-23-12)13(14,15)16/h2-7H,1H3,(H-,17,18,19,20,21,22)/q-1. The number of alkyl halides is 3. The first-order valence-corrected chi connectivity index (χ1v) is 7.40. The van der Waals surface area contributed by atoms with Crippen LogP contribution in [-0.4, -0.2) is 20.5 Å². The van der Waals surface area contributed by atoms with Crippen molar-refractivity contribution in [2.75, 3.05) is 5.32 Å². The largest absolute Gasteiger partial charge is 0.434 e. The summed E-state index contributed by atoms with van der Waals surface area (Å²) in [5, 5.41) is 18.5. The first-order chi connectivity index (χ1) is 10.9. The van der Waals surface area contributed by atoms with E-state index >= 15 is 0 Å². The number of nitrogens with zero attached hydrogens (tertiary/aromatic N) is 5. The van der Waals surface area contributed by atoms with Crippen LogP contribution in [0.5, 0.6) is 0 Å². The molecule has 120 valence electrons. The Bertz CT molecular complexity index is 766. The van der Waals surface area contributed by atoms with Gasteiger partial charge in [-0.05, 0) is 17.7 Å². The van der Waals surface area contributed by atoms with Crippen molar-refractivity contribution >= 4 is 22.2 Å². The third-order valence-corrected chi connectivity index (χ3v) is 3.94. The van der Waals surface area contributed by atoms with E-state index < -0.39 is 11.9 Å². The molecular formula is C13H10F3N6S-. The van der Waals surface area contributed by atoms with Gasteiger partial charge >= 0.3 is 6.18 Å². The molecule has 1 N–H and O–H groups in total. The van der Waals surface area contributed by atoms with Crippen molar-refractivity contribution in [3.05, 3.63) is 46.7 Å². The van der Waals surface area contributed by atoms with E-state index in [9.17, 15) is 13.2 Å². The average Bonchev–Trinajstić information content (AvgIpc) is 3.18. The highest BCUT2D eigenvalue weighted by atomic mass is 32.1. The van der Waals surface area contributed by atoms with Gasteiger partial charge in [0.05, 0.1) is 0 Å². The lowest BCUT2D eigenvalue weighted by Crippen LogP contribution is -2.05. The molecule has 1 aromatic carbocycles. The average molecular weight is 339 g/mol. The van der Waals surface area contributed by atoms with Crippen LogP contribution in [0.25, 0.3) is 0 Å². The Kier molecular flexibility index (Phi) is 3.99. The van der Waals surface area contributed by atoms with E-state index in [2.05, 4.69) is 30.9 Å². The van der Waals surface area contributed by atoms with Gasteiger partial charge in [-0.2, -0.15) is 18.4 Å². The fraction of sp³-hybridized carbons (Fsp3) is 0.231. The van der Waals surface area contributed by atoms with Gasteiger partial charge in [0.1, 0.15) is 0 Å². The Labute approximate surface area is 132 Å². The van der Waals surface area contributed by atoms with Crippen molar-refractivity contribution in [1.82, 2.24) is 25.6 Å². The number of halogens is 3. The van der Waals surface area contributed by atoms with E-state index in [4.69, 9.17) is 0 Å². The monoisotopic (exact) mass is 339 g/mol. The molecule has 0 aliphatic rings. The summed E-state index contributed by atoms with van der Waals surface area (Å²) in [6.07, 6.45) is -4.43. The molecule has 0 fully saturated rings. The maximum Gasteiger partial charge on any atom is 0.434 e. The van der Waals surface area contributed by atoms with Crippen LogP contribution >= 0.6 is 11.3 Å². The van der Waals surface area contributed by atoms with Crippen molar-refractivity contribution < 1.29 is 13.2 Å². The van der Waals surface area contributed by atoms with E-state index in [1.165, 1.54) is 0 Å². The number of aromatic nitrogens is 5. The molecule has 3 rings (SSSR count). The number of anilines is 2. The van der Waals surface area contributed by atoms with Gasteiger partial charge in [-0.15, -0.1) is 11.3 Å². The summed E-state index contributed by atoms with van der Waals surface area (Å²) in [6, 6.07) is 7.18. The van der Waals surface area contributed by atoms with Gasteiger partial charge in [-0.25, -0.2) is 4.98 Å². The third kappa shape index (κ3) is 3.47. The minimum atomic E-state index is -4.43. The van der Waals surface area contributed by atoms with Gasteiger partial charge < -0.3 is 10.4 Å².